The molecule has 1 aliphatic heterocycles. The number of likely N-dealkylation sites (tertiary alicyclic amines) is 1. The zero-order chi connectivity index (χ0) is 15.4. The Labute approximate surface area is 128 Å². The minimum atomic E-state index is -0.0133. The number of nitrogens with zero attached hydrogens (tertiary/aromatic N) is 2. The van der Waals surface area contributed by atoms with Gasteiger partial charge in [-0.05, 0) is 45.8 Å². The minimum Gasteiger partial charge on any atom is -0.306 e. The van der Waals surface area contributed by atoms with Crippen LogP contribution in [0.2, 0.25) is 0 Å². The average molecular weight is 288 g/mol. The quantitative estimate of drug-likeness (QED) is 0.778. The van der Waals surface area contributed by atoms with Crippen molar-refractivity contribution in [3.63, 3.8) is 0 Å². The van der Waals surface area contributed by atoms with Crippen LogP contribution in [0.25, 0.3) is 0 Å². The van der Waals surface area contributed by atoms with Crippen molar-refractivity contribution in [1.82, 2.24) is 9.80 Å². The van der Waals surface area contributed by atoms with Crippen LogP contribution >= 0.6 is 0 Å². The molecule has 21 heavy (non-hydrogen) atoms. The Bertz CT molecular complexity index is 459. The second-order valence-corrected chi connectivity index (χ2v) is 6.32. The molecule has 3 heteroatoms. The van der Waals surface area contributed by atoms with Crippen LogP contribution in [0.1, 0.15) is 42.6 Å². The van der Waals surface area contributed by atoms with Gasteiger partial charge in [-0.3, -0.25) is 9.69 Å². The molecule has 1 unspecified atom stereocenters. The van der Waals surface area contributed by atoms with Crippen molar-refractivity contribution in [3.05, 3.63) is 35.4 Å². The Balaban J connectivity index is 1.96. The van der Waals surface area contributed by atoms with Crippen LogP contribution in [0, 0.1) is 0 Å². The lowest BCUT2D eigenvalue weighted by atomic mass is 9.98. The van der Waals surface area contributed by atoms with E-state index in [1.54, 1.807) is 0 Å². The third-order valence-corrected chi connectivity index (χ3v) is 4.80. The molecule has 2 rings (SSSR count). The summed E-state index contributed by atoms with van der Waals surface area (Å²) in [6.45, 7) is 6.21. The predicted octanol–water partition coefficient (Wildman–Crippen LogP) is 2.85. The number of carbonyl (C=O) groups is 1. The molecule has 0 radical (unpaired) electrons. The Morgan fingerprint density at radius 1 is 1.24 bits per heavy atom. The lowest BCUT2D eigenvalue weighted by molar-refractivity contribution is 0.0736. The molecule has 1 saturated heterocycles. The molecule has 1 aliphatic rings. The molecule has 0 saturated carbocycles. The van der Waals surface area contributed by atoms with Gasteiger partial charge in [-0.2, -0.15) is 0 Å². The largest absolute Gasteiger partial charge is 0.306 e. The number of piperidine rings is 1. The normalized spacial score (nSPS) is 18.9. The highest BCUT2D eigenvalue weighted by Gasteiger charge is 2.27. The van der Waals surface area contributed by atoms with Crippen LogP contribution in [0.5, 0.6) is 0 Å². The molecular formula is C18H28N2O. The van der Waals surface area contributed by atoms with Crippen LogP contribution < -0.4 is 0 Å². The molecule has 0 aromatic heterocycles. The first kappa shape index (κ1) is 16.2. The Morgan fingerprint density at radius 3 is 2.29 bits per heavy atom. The van der Waals surface area contributed by atoms with Gasteiger partial charge in [0.05, 0.1) is 6.04 Å². The molecule has 3 nitrogen and oxygen atoms in total. The van der Waals surface area contributed by atoms with E-state index in [0.29, 0.717) is 6.04 Å². The van der Waals surface area contributed by atoms with E-state index in [1.807, 2.05) is 19.1 Å². The van der Waals surface area contributed by atoms with Gasteiger partial charge in [-0.15, -0.1) is 0 Å². The van der Waals surface area contributed by atoms with Gasteiger partial charge in [0, 0.05) is 24.7 Å². The summed E-state index contributed by atoms with van der Waals surface area (Å²) in [6, 6.07) is 8.73. The van der Waals surface area contributed by atoms with Crippen molar-refractivity contribution in [2.24, 2.45) is 0 Å². The predicted molar refractivity (Wildman–Crippen MR) is 87.9 cm³/mol. The number of rotatable bonds is 5. The van der Waals surface area contributed by atoms with Gasteiger partial charge in [-0.1, -0.05) is 31.2 Å². The summed E-state index contributed by atoms with van der Waals surface area (Å²) in [7, 11) is 4.29. The van der Waals surface area contributed by atoms with E-state index in [0.717, 1.165) is 37.9 Å². The van der Waals surface area contributed by atoms with E-state index in [-0.39, 0.29) is 11.8 Å². The molecule has 0 spiro atoms. The Hall–Kier alpha value is -1.19. The molecular weight excluding hydrogens is 260 g/mol. The maximum atomic E-state index is 12.6. The standard InChI is InChI=1S/C18H28N2O/c1-5-15-6-8-16(9-7-15)18(21)14(2)20-12-10-17(11-13-20)19(3)4/h6-9,14,17H,5,10-13H2,1-4H3. The average Bonchev–Trinajstić information content (AvgIpc) is 2.53. The van der Waals surface area contributed by atoms with Gasteiger partial charge in [0.2, 0.25) is 0 Å². The SMILES string of the molecule is CCc1ccc(C(=O)C(C)N2CCC(N(C)C)CC2)cc1. The van der Waals surface area contributed by atoms with Crippen LogP contribution in [-0.2, 0) is 6.42 Å². The smallest absolute Gasteiger partial charge is 0.179 e. The summed E-state index contributed by atoms with van der Waals surface area (Å²) in [5.41, 5.74) is 2.13. The first-order valence-electron chi connectivity index (χ1n) is 8.06. The van der Waals surface area contributed by atoms with Crippen molar-refractivity contribution < 1.29 is 4.79 Å². The molecule has 1 aromatic carbocycles. The lowest BCUT2D eigenvalue weighted by Gasteiger charge is -2.37. The third kappa shape index (κ3) is 3.92. The second-order valence-electron chi connectivity index (χ2n) is 6.32. The highest BCUT2D eigenvalue weighted by atomic mass is 16.1. The molecule has 0 N–H and O–H groups in total. The van der Waals surface area contributed by atoms with E-state index in [2.05, 4.69) is 43.0 Å². The van der Waals surface area contributed by atoms with E-state index < -0.39 is 0 Å². The summed E-state index contributed by atoms with van der Waals surface area (Å²) in [5.74, 6) is 0.251. The van der Waals surface area contributed by atoms with Gasteiger partial charge >= 0.3 is 0 Å². The number of benzene rings is 1. The fraction of sp³-hybridized carbons (Fsp3) is 0.611. The van der Waals surface area contributed by atoms with Crippen LogP contribution in [0.4, 0.5) is 0 Å². The van der Waals surface area contributed by atoms with Gasteiger partial charge in [0.15, 0.2) is 5.78 Å². The topological polar surface area (TPSA) is 23.6 Å². The van der Waals surface area contributed by atoms with Gasteiger partial charge in [0.25, 0.3) is 0 Å². The van der Waals surface area contributed by atoms with Gasteiger partial charge in [-0.25, -0.2) is 0 Å². The van der Waals surface area contributed by atoms with E-state index >= 15 is 0 Å². The second kappa shape index (κ2) is 7.19. The molecule has 1 heterocycles. The van der Waals surface area contributed by atoms with E-state index in [1.165, 1.54) is 5.56 Å². The highest BCUT2D eigenvalue weighted by Crippen LogP contribution is 2.18. The van der Waals surface area contributed by atoms with Crippen LogP contribution in [0.15, 0.2) is 24.3 Å². The van der Waals surface area contributed by atoms with E-state index in [9.17, 15) is 4.79 Å². The number of Topliss-reactive ketones (excluding diaryl/α,β-unsaturated/α-hetero) is 1. The summed E-state index contributed by atoms with van der Waals surface area (Å²) < 4.78 is 0. The first-order chi connectivity index (χ1) is 10.0. The molecule has 0 bridgehead atoms. The number of hydrogen-bond donors (Lipinski definition) is 0. The van der Waals surface area contributed by atoms with Crippen molar-refractivity contribution >= 4 is 5.78 Å². The van der Waals surface area contributed by atoms with Crippen LogP contribution in [0.3, 0.4) is 0 Å². The Morgan fingerprint density at radius 2 is 1.81 bits per heavy atom. The molecule has 116 valence electrons. The van der Waals surface area contributed by atoms with Crippen molar-refractivity contribution in [2.75, 3.05) is 27.2 Å². The first-order valence-corrected chi connectivity index (χ1v) is 8.06. The number of carbonyl (C=O) groups excluding carboxylic acids is 1. The minimum absolute atomic E-state index is 0.0133. The number of hydrogen-bond acceptors (Lipinski definition) is 3. The summed E-state index contributed by atoms with van der Waals surface area (Å²) in [4.78, 5) is 17.2. The van der Waals surface area contributed by atoms with Crippen molar-refractivity contribution in [2.45, 2.75) is 45.2 Å². The zero-order valence-corrected chi connectivity index (χ0v) is 13.8. The van der Waals surface area contributed by atoms with Gasteiger partial charge < -0.3 is 4.90 Å². The maximum absolute atomic E-state index is 12.6. The highest BCUT2D eigenvalue weighted by molar-refractivity contribution is 5.99. The Kier molecular flexibility index (Phi) is 5.54. The van der Waals surface area contributed by atoms with E-state index in [4.69, 9.17) is 0 Å². The molecule has 1 atom stereocenters. The third-order valence-electron chi connectivity index (χ3n) is 4.80. The van der Waals surface area contributed by atoms with Crippen molar-refractivity contribution in [3.8, 4) is 0 Å². The zero-order valence-electron chi connectivity index (χ0n) is 13.8. The summed E-state index contributed by atoms with van der Waals surface area (Å²) in [5, 5.41) is 0. The fourth-order valence-corrected chi connectivity index (χ4v) is 3.10. The number of ketones is 1. The monoisotopic (exact) mass is 288 g/mol. The summed E-state index contributed by atoms with van der Waals surface area (Å²) in [6.07, 6.45) is 3.32. The molecule has 0 aliphatic carbocycles. The maximum Gasteiger partial charge on any atom is 0.179 e. The summed E-state index contributed by atoms with van der Waals surface area (Å²) >= 11 is 0. The van der Waals surface area contributed by atoms with Crippen molar-refractivity contribution in [1.29, 1.82) is 0 Å². The fourth-order valence-electron chi connectivity index (χ4n) is 3.10. The molecule has 1 aromatic rings. The molecule has 0 amide bonds. The number of aryl methyl sites for hydroxylation is 1. The van der Waals surface area contributed by atoms with Gasteiger partial charge in [0.1, 0.15) is 0 Å². The molecule has 1 fully saturated rings. The van der Waals surface area contributed by atoms with Crippen LogP contribution in [-0.4, -0.2) is 54.9 Å². The lowest BCUT2D eigenvalue weighted by Crippen LogP contribution is -2.47.